The molecular weight excluding hydrogens is 576 g/mol. The highest BCUT2D eigenvalue weighted by molar-refractivity contribution is 7.91. The van der Waals surface area contributed by atoms with Crippen LogP contribution in [0.25, 0.3) is 22.2 Å². The molecular formula is C31H35F2N5O4S. The van der Waals surface area contributed by atoms with E-state index < -0.39 is 21.5 Å². The molecule has 0 unspecified atom stereocenters. The highest BCUT2D eigenvalue weighted by Crippen LogP contribution is 2.34. The number of carbonyl (C=O) groups is 1. The van der Waals surface area contributed by atoms with E-state index >= 15 is 8.78 Å². The lowest BCUT2D eigenvalue weighted by molar-refractivity contribution is 0.0785. The summed E-state index contributed by atoms with van der Waals surface area (Å²) in [5.41, 5.74) is 3.61. The first-order chi connectivity index (χ1) is 20.4. The number of halogens is 2. The normalized spacial score (nSPS) is 15.2. The molecule has 1 aliphatic heterocycles. The summed E-state index contributed by atoms with van der Waals surface area (Å²) in [6.45, 7) is 3.70. The lowest BCUT2D eigenvalue weighted by Gasteiger charge is -2.26. The maximum Gasteiger partial charge on any atom is 0.300 e. The van der Waals surface area contributed by atoms with Gasteiger partial charge in [0.1, 0.15) is 17.2 Å². The standard InChI is InChI=1S/C31H35F2N5O4S/c1-20-16-22(8-9-23(20)30(39)37(4)11-10-36(2)3)34-31-35-28-7-5-6-24(29(28)42-31)21-17-26(32)25(27(33)18-21)19-38-12-14-43(40,41)15-13-38/h5-9,16-18H,10-15,19H2,1-4H3,(H,34,35). The average molecular weight is 612 g/mol. The molecule has 1 N–H and O–H groups in total. The lowest BCUT2D eigenvalue weighted by atomic mass is 10.0. The first-order valence-corrected chi connectivity index (χ1v) is 15.8. The van der Waals surface area contributed by atoms with Crippen LogP contribution in [0.15, 0.2) is 52.9 Å². The van der Waals surface area contributed by atoms with E-state index in [0.29, 0.717) is 40.0 Å². The number of benzene rings is 3. The Morgan fingerprint density at radius 1 is 1.02 bits per heavy atom. The van der Waals surface area contributed by atoms with E-state index in [9.17, 15) is 13.2 Å². The summed E-state index contributed by atoms with van der Waals surface area (Å²) in [5, 5.41) is 3.13. The van der Waals surface area contributed by atoms with E-state index in [-0.39, 0.29) is 48.6 Å². The second-order valence-corrected chi connectivity index (χ2v) is 13.5. The predicted molar refractivity (Wildman–Crippen MR) is 163 cm³/mol. The van der Waals surface area contributed by atoms with Crippen LogP contribution >= 0.6 is 0 Å². The Labute approximate surface area is 250 Å². The van der Waals surface area contributed by atoms with Gasteiger partial charge in [-0.2, -0.15) is 4.98 Å². The second-order valence-electron chi connectivity index (χ2n) is 11.2. The molecule has 0 radical (unpaired) electrons. The van der Waals surface area contributed by atoms with Crippen molar-refractivity contribution in [3.8, 4) is 11.1 Å². The zero-order chi connectivity index (χ0) is 30.9. The largest absolute Gasteiger partial charge is 0.423 e. The number of amides is 1. The minimum absolute atomic E-state index is 0.00970. The Kier molecular flexibility index (Phi) is 8.81. The third-order valence-corrected chi connectivity index (χ3v) is 9.23. The number of fused-ring (bicyclic) bond motifs is 1. The highest BCUT2D eigenvalue weighted by atomic mass is 32.2. The maximum atomic E-state index is 15.2. The average Bonchev–Trinajstić information content (AvgIpc) is 3.36. The van der Waals surface area contributed by atoms with Gasteiger partial charge in [0, 0.05) is 62.1 Å². The number of sulfone groups is 1. The molecule has 0 saturated carbocycles. The third-order valence-electron chi connectivity index (χ3n) is 7.62. The van der Waals surface area contributed by atoms with Crippen LogP contribution < -0.4 is 5.32 Å². The van der Waals surface area contributed by atoms with Crippen LogP contribution in [0.1, 0.15) is 21.5 Å². The fraction of sp³-hybridized carbons (Fsp3) is 0.355. The van der Waals surface area contributed by atoms with Crippen molar-refractivity contribution in [3.63, 3.8) is 0 Å². The van der Waals surface area contributed by atoms with Crippen LogP contribution in [-0.4, -0.2) is 92.8 Å². The molecule has 3 aromatic carbocycles. The van der Waals surface area contributed by atoms with Gasteiger partial charge in [-0.05, 0) is 68.5 Å². The zero-order valence-electron chi connectivity index (χ0n) is 24.7. The summed E-state index contributed by atoms with van der Waals surface area (Å²) in [4.78, 5) is 22.9. The van der Waals surface area contributed by atoms with E-state index in [1.807, 2.05) is 32.0 Å². The maximum absolute atomic E-state index is 15.2. The first kappa shape index (κ1) is 30.6. The molecule has 5 rings (SSSR count). The molecule has 4 aromatic rings. The van der Waals surface area contributed by atoms with Crippen molar-refractivity contribution < 1.29 is 26.4 Å². The highest BCUT2D eigenvalue weighted by Gasteiger charge is 2.24. The molecule has 43 heavy (non-hydrogen) atoms. The SMILES string of the molecule is Cc1cc(Nc2nc3cccc(-c4cc(F)c(CN5CCS(=O)(=O)CC5)c(F)c4)c3o2)ccc1C(=O)N(C)CCN(C)C. The molecule has 0 aliphatic carbocycles. The number of nitrogens with one attached hydrogen (secondary N) is 1. The van der Waals surface area contributed by atoms with Crippen molar-refractivity contribution in [1.82, 2.24) is 19.7 Å². The van der Waals surface area contributed by atoms with Gasteiger partial charge >= 0.3 is 0 Å². The molecule has 1 fully saturated rings. The minimum atomic E-state index is -3.09. The summed E-state index contributed by atoms with van der Waals surface area (Å²) in [6, 6.07) is 13.3. The molecule has 1 saturated heterocycles. The zero-order valence-corrected chi connectivity index (χ0v) is 25.5. The van der Waals surface area contributed by atoms with E-state index in [0.717, 1.165) is 12.1 Å². The van der Waals surface area contributed by atoms with Crippen molar-refractivity contribution in [2.45, 2.75) is 13.5 Å². The molecule has 228 valence electrons. The number of oxazole rings is 1. The summed E-state index contributed by atoms with van der Waals surface area (Å²) in [5.74, 6) is -1.53. The predicted octanol–water partition coefficient (Wildman–Crippen LogP) is 4.69. The fourth-order valence-corrected chi connectivity index (χ4v) is 6.31. The molecule has 9 nitrogen and oxygen atoms in total. The Bertz CT molecular complexity index is 1740. The number of anilines is 2. The van der Waals surface area contributed by atoms with Crippen LogP contribution in [0, 0.1) is 18.6 Å². The number of hydrogen-bond donors (Lipinski definition) is 1. The second kappa shape index (κ2) is 12.4. The van der Waals surface area contributed by atoms with Gasteiger partial charge in [0.2, 0.25) is 0 Å². The van der Waals surface area contributed by atoms with Gasteiger partial charge in [0.25, 0.3) is 11.9 Å². The monoisotopic (exact) mass is 611 g/mol. The summed E-state index contributed by atoms with van der Waals surface area (Å²) < 4.78 is 59.8. The summed E-state index contributed by atoms with van der Waals surface area (Å²) in [7, 11) is 2.61. The van der Waals surface area contributed by atoms with Gasteiger partial charge in [-0.1, -0.05) is 12.1 Å². The molecule has 1 amide bonds. The number of rotatable bonds is 9. The molecule has 0 bridgehead atoms. The van der Waals surface area contributed by atoms with Crippen LogP contribution in [0.4, 0.5) is 20.5 Å². The lowest BCUT2D eigenvalue weighted by Crippen LogP contribution is -2.40. The van der Waals surface area contributed by atoms with Crippen LogP contribution in [-0.2, 0) is 16.4 Å². The molecule has 1 aliphatic rings. The Hall–Kier alpha value is -3.87. The quantitative estimate of drug-likeness (QED) is 0.291. The van der Waals surface area contributed by atoms with Gasteiger partial charge in [-0.15, -0.1) is 0 Å². The van der Waals surface area contributed by atoms with Gasteiger partial charge < -0.3 is 19.5 Å². The van der Waals surface area contributed by atoms with Crippen LogP contribution in [0.2, 0.25) is 0 Å². The summed E-state index contributed by atoms with van der Waals surface area (Å²) in [6.07, 6.45) is 0. The van der Waals surface area contributed by atoms with E-state index in [1.165, 1.54) is 12.1 Å². The number of nitrogens with zero attached hydrogens (tertiary/aromatic N) is 4. The van der Waals surface area contributed by atoms with Crippen molar-refractivity contribution in [3.05, 3.63) is 76.9 Å². The van der Waals surface area contributed by atoms with Crippen molar-refractivity contribution in [1.29, 1.82) is 0 Å². The molecule has 12 heteroatoms. The molecule has 1 aromatic heterocycles. The Morgan fingerprint density at radius 2 is 1.72 bits per heavy atom. The van der Waals surface area contributed by atoms with E-state index in [2.05, 4.69) is 10.3 Å². The first-order valence-electron chi connectivity index (χ1n) is 14.0. The van der Waals surface area contributed by atoms with Crippen LogP contribution in [0.3, 0.4) is 0 Å². The van der Waals surface area contributed by atoms with Crippen molar-refractivity contribution in [2.75, 3.05) is 64.1 Å². The Morgan fingerprint density at radius 3 is 2.37 bits per heavy atom. The minimum Gasteiger partial charge on any atom is -0.423 e. The van der Waals surface area contributed by atoms with Crippen LogP contribution in [0.5, 0.6) is 0 Å². The number of hydrogen-bond acceptors (Lipinski definition) is 8. The Balaban J connectivity index is 1.34. The van der Waals surface area contributed by atoms with Gasteiger partial charge in [-0.3, -0.25) is 9.69 Å². The fourth-order valence-electron chi connectivity index (χ4n) is 5.03. The van der Waals surface area contributed by atoms with Crippen molar-refractivity contribution in [2.24, 2.45) is 0 Å². The molecule has 2 heterocycles. The van der Waals surface area contributed by atoms with Gasteiger partial charge in [-0.25, -0.2) is 17.2 Å². The van der Waals surface area contributed by atoms with Gasteiger partial charge in [0.05, 0.1) is 11.5 Å². The third kappa shape index (κ3) is 7.03. The van der Waals surface area contributed by atoms with Gasteiger partial charge in [0.15, 0.2) is 15.4 Å². The number of likely N-dealkylation sites (N-methyl/N-ethyl adjacent to an activating group) is 2. The summed E-state index contributed by atoms with van der Waals surface area (Å²) >= 11 is 0. The van der Waals surface area contributed by atoms with E-state index in [4.69, 9.17) is 4.42 Å². The number of carbonyl (C=O) groups excluding carboxylic acids is 1. The molecule has 0 atom stereocenters. The number of aromatic nitrogens is 1. The number of aryl methyl sites for hydroxylation is 1. The van der Waals surface area contributed by atoms with Crippen molar-refractivity contribution >= 4 is 38.5 Å². The number of para-hydroxylation sites is 1. The smallest absolute Gasteiger partial charge is 0.300 e. The topological polar surface area (TPSA) is 99.0 Å². The van der Waals surface area contributed by atoms with E-state index in [1.54, 1.807) is 47.2 Å². The molecule has 0 spiro atoms.